The molecule has 0 aliphatic heterocycles. The average Bonchev–Trinajstić information content (AvgIpc) is 3.37. The van der Waals surface area contributed by atoms with Gasteiger partial charge in [0.05, 0.1) is 11.6 Å². The predicted octanol–water partition coefficient (Wildman–Crippen LogP) is 6.34. The normalized spacial score (nSPS) is 11.8. The maximum absolute atomic E-state index is 4.53. The zero-order chi connectivity index (χ0) is 20.5. The minimum Gasteiger partial charge on any atom is -0.344 e. The van der Waals surface area contributed by atoms with Gasteiger partial charge in [-0.05, 0) is 25.5 Å². The average molecular weight is 412 g/mol. The van der Waals surface area contributed by atoms with Crippen LogP contribution in [0.1, 0.15) is 25.5 Å². The molecule has 0 fully saturated rings. The highest BCUT2D eigenvalue weighted by Crippen LogP contribution is 2.36. The zero-order valence-corrected chi connectivity index (χ0v) is 17.6. The van der Waals surface area contributed by atoms with Crippen molar-refractivity contribution in [2.45, 2.75) is 19.9 Å². The monoisotopic (exact) mass is 411 g/mol. The summed E-state index contributed by atoms with van der Waals surface area (Å²) in [7, 11) is 0. The van der Waals surface area contributed by atoms with E-state index in [0.29, 0.717) is 11.9 Å². The van der Waals surface area contributed by atoms with Crippen molar-refractivity contribution in [1.29, 1.82) is 0 Å². The Hall–Kier alpha value is -3.51. The predicted molar refractivity (Wildman–Crippen MR) is 126 cm³/mol. The summed E-state index contributed by atoms with van der Waals surface area (Å²) >= 11 is 1.61. The van der Waals surface area contributed by atoms with Gasteiger partial charge in [0.2, 0.25) is 0 Å². The molecule has 0 saturated heterocycles. The summed E-state index contributed by atoms with van der Waals surface area (Å²) < 4.78 is 2.27. The molecule has 0 radical (unpaired) electrons. The van der Waals surface area contributed by atoms with Crippen molar-refractivity contribution in [3.8, 4) is 11.1 Å². The number of benzene rings is 2. The first-order chi connectivity index (χ1) is 14.7. The minimum atomic E-state index is 0.380. The molecule has 0 saturated carbocycles. The maximum atomic E-state index is 4.53. The fourth-order valence-corrected chi connectivity index (χ4v) is 4.63. The number of thiophene rings is 1. The third kappa shape index (κ3) is 3.25. The van der Waals surface area contributed by atoms with Crippen molar-refractivity contribution in [3.63, 3.8) is 0 Å². The van der Waals surface area contributed by atoms with E-state index in [4.69, 9.17) is 0 Å². The van der Waals surface area contributed by atoms with Crippen LogP contribution in [-0.4, -0.2) is 20.7 Å². The van der Waals surface area contributed by atoms with Crippen molar-refractivity contribution in [2.24, 2.45) is 5.10 Å². The molecule has 0 spiro atoms. The molecule has 0 atom stereocenters. The number of nitrogens with zero attached hydrogens (tertiary/aromatic N) is 4. The van der Waals surface area contributed by atoms with Crippen LogP contribution >= 0.6 is 11.3 Å². The van der Waals surface area contributed by atoms with Crippen LogP contribution in [0.15, 0.2) is 77.6 Å². The lowest BCUT2D eigenvalue weighted by atomic mass is 10.1. The highest BCUT2D eigenvalue weighted by Gasteiger charge is 2.13. The summed E-state index contributed by atoms with van der Waals surface area (Å²) in [6.45, 7) is 4.37. The van der Waals surface area contributed by atoms with Gasteiger partial charge in [0.15, 0.2) is 5.82 Å². The summed E-state index contributed by atoms with van der Waals surface area (Å²) in [6, 6.07) is 19.1. The molecule has 0 aliphatic rings. The number of hydrogen-bond donors (Lipinski definition) is 1. The lowest BCUT2D eigenvalue weighted by Gasteiger charge is -2.08. The van der Waals surface area contributed by atoms with E-state index in [1.165, 1.54) is 10.9 Å². The largest absolute Gasteiger partial charge is 0.344 e. The van der Waals surface area contributed by atoms with E-state index >= 15 is 0 Å². The van der Waals surface area contributed by atoms with Crippen LogP contribution in [0, 0.1) is 0 Å². The van der Waals surface area contributed by atoms with Gasteiger partial charge in [-0.1, -0.05) is 48.5 Å². The topological polar surface area (TPSA) is 55.1 Å². The van der Waals surface area contributed by atoms with Gasteiger partial charge in [-0.2, -0.15) is 5.10 Å². The lowest BCUT2D eigenvalue weighted by molar-refractivity contribution is 0.623. The summed E-state index contributed by atoms with van der Waals surface area (Å²) in [5, 5.41) is 8.83. The molecule has 0 unspecified atom stereocenters. The van der Waals surface area contributed by atoms with Crippen molar-refractivity contribution in [2.75, 3.05) is 5.43 Å². The smallest absolute Gasteiger partial charge is 0.159 e. The van der Waals surface area contributed by atoms with Crippen LogP contribution in [-0.2, 0) is 0 Å². The second-order valence-electron chi connectivity index (χ2n) is 7.39. The molecule has 3 aromatic heterocycles. The van der Waals surface area contributed by atoms with Crippen LogP contribution in [0.2, 0.25) is 0 Å². The summed E-state index contributed by atoms with van der Waals surface area (Å²) in [5.41, 5.74) is 7.70. The molecule has 5 aromatic rings. The van der Waals surface area contributed by atoms with Crippen LogP contribution in [0.4, 0.5) is 5.82 Å². The molecule has 148 valence electrons. The van der Waals surface area contributed by atoms with E-state index < -0.39 is 0 Å². The SMILES string of the molecule is CC(C)n1cc(C=NNc2ncnc3scc(-c4ccccc4)c23)c2ccccc21. The van der Waals surface area contributed by atoms with Crippen molar-refractivity contribution >= 4 is 44.5 Å². The number of hydrazone groups is 1. The van der Waals surface area contributed by atoms with E-state index in [0.717, 1.165) is 26.9 Å². The Balaban J connectivity index is 1.51. The lowest BCUT2D eigenvalue weighted by Crippen LogP contribution is -1.98. The number of fused-ring (bicyclic) bond motifs is 2. The van der Waals surface area contributed by atoms with Crippen molar-refractivity contribution < 1.29 is 0 Å². The first-order valence-corrected chi connectivity index (χ1v) is 10.8. The first-order valence-electron chi connectivity index (χ1n) is 9.88. The van der Waals surface area contributed by atoms with Gasteiger partial charge >= 0.3 is 0 Å². The maximum Gasteiger partial charge on any atom is 0.159 e. The quantitative estimate of drug-likeness (QED) is 0.271. The van der Waals surface area contributed by atoms with Gasteiger partial charge in [-0.25, -0.2) is 9.97 Å². The summed E-state index contributed by atoms with van der Waals surface area (Å²) in [6.07, 6.45) is 5.59. The van der Waals surface area contributed by atoms with Crippen molar-refractivity contribution in [1.82, 2.24) is 14.5 Å². The first kappa shape index (κ1) is 18.5. The Bertz CT molecular complexity index is 1350. The zero-order valence-electron chi connectivity index (χ0n) is 16.8. The van der Waals surface area contributed by atoms with Gasteiger partial charge in [0, 0.05) is 39.6 Å². The Kier molecular flexibility index (Phi) is 4.77. The molecule has 1 N–H and O–H groups in total. The second kappa shape index (κ2) is 7.72. The number of rotatable bonds is 5. The van der Waals surface area contributed by atoms with E-state index in [1.807, 2.05) is 24.4 Å². The molecule has 0 aliphatic carbocycles. The van der Waals surface area contributed by atoms with Crippen molar-refractivity contribution in [3.05, 3.63) is 78.1 Å². The molecule has 0 amide bonds. The Morgan fingerprint density at radius 1 is 1.03 bits per heavy atom. The molecule has 5 nitrogen and oxygen atoms in total. The molecule has 2 aromatic carbocycles. The molecule has 5 rings (SSSR count). The minimum absolute atomic E-state index is 0.380. The highest BCUT2D eigenvalue weighted by atomic mass is 32.1. The third-order valence-electron chi connectivity index (χ3n) is 5.16. The van der Waals surface area contributed by atoms with Crippen LogP contribution in [0.25, 0.3) is 32.2 Å². The number of para-hydroxylation sites is 1. The van der Waals surface area contributed by atoms with Crippen LogP contribution < -0.4 is 5.43 Å². The van der Waals surface area contributed by atoms with Gasteiger partial charge < -0.3 is 4.57 Å². The van der Waals surface area contributed by atoms with Crippen LogP contribution in [0.5, 0.6) is 0 Å². The van der Waals surface area contributed by atoms with E-state index in [-0.39, 0.29) is 0 Å². The summed E-state index contributed by atoms with van der Waals surface area (Å²) in [5.74, 6) is 0.712. The van der Waals surface area contributed by atoms with Gasteiger partial charge in [0.25, 0.3) is 0 Å². The number of aromatic nitrogens is 3. The van der Waals surface area contributed by atoms with E-state index in [2.05, 4.69) is 86.9 Å². The van der Waals surface area contributed by atoms with Gasteiger partial charge in [0.1, 0.15) is 11.2 Å². The fraction of sp³-hybridized carbons (Fsp3) is 0.125. The Morgan fingerprint density at radius 3 is 2.67 bits per heavy atom. The van der Waals surface area contributed by atoms with Gasteiger partial charge in [-0.15, -0.1) is 11.3 Å². The molecule has 30 heavy (non-hydrogen) atoms. The second-order valence-corrected chi connectivity index (χ2v) is 8.25. The molecular formula is C24H21N5S. The summed E-state index contributed by atoms with van der Waals surface area (Å²) in [4.78, 5) is 9.83. The van der Waals surface area contributed by atoms with Crippen LogP contribution in [0.3, 0.4) is 0 Å². The number of anilines is 1. The Labute approximate surface area is 178 Å². The number of nitrogens with one attached hydrogen (secondary N) is 1. The number of hydrogen-bond acceptors (Lipinski definition) is 5. The standard InChI is InChI=1S/C24H21N5S/c1-16(2)29-13-18(19-10-6-7-11-21(19)29)12-27-28-23-22-20(17-8-4-3-5-9-17)14-30-24(22)26-15-25-23/h3-16H,1-2H3,(H,25,26,28). The van der Waals surface area contributed by atoms with Gasteiger partial charge in [-0.3, -0.25) is 5.43 Å². The fourth-order valence-electron chi connectivity index (χ4n) is 3.71. The highest BCUT2D eigenvalue weighted by molar-refractivity contribution is 7.17. The third-order valence-corrected chi connectivity index (χ3v) is 6.04. The molecule has 3 heterocycles. The molecule has 0 bridgehead atoms. The molecular weight excluding hydrogens is 390 g/mol. The van der Waals surface area contributed by atoms with E-state index in [1.54, 1.807) is 17.7 Å². The van der Waals surface area contributed by atoms with E-state index in [9.17, 15) is 0 Å². The Morgan fingerprint density at radius 2 is 1.83 bits per heavy atom. The molecule has 6 heteroatoms.